The van der Waals surface area contributed by atoms with Gasteiger partial charge in [-0.1, -0.05) is 13.8 Å². The number of rotatable bonds is 3. The van der Waals surface area contributed by atoms with E-state index in [1.165, 1.54) is 19.4 Å². The van der Waals surface area contributed by atoms with Gasteiger partial charge in [0.15, 0.2) is 0 Å². The van der Waals surface area contributed by atoms with Gasteiger partial charge in [-0.15, -0.1) is 0 Å². The van der Waals surface area contributed by atoms with Gasteiger partial charge in [-0.25, -0.2) is 0 Å². The van der Waals surface area contributed by atoms with Gasteiger partial charge in [-0.3, -0.25) is 4.79 Å². The molecular formula is C11H20N2O. The van der Waals surface area contributed by atoms with Crippen molar-refractivity contribution < 1.29 is 4.79 Å². The Balaban J connectivity index is 1.78. The monoisotopic (exact) mass is 196 g/mol. The highest BCUT2D eigenvalue weighted by Gasteiger charge is 2.46. The Morgan fingerprint density at radius 1 is 1.57 bits per heavy atom. The van der Waals surface area contributed by atoms with Gasteiger partial charge in [0.05, 0.1) is 0 Å². The zero-order valence-electron chi connectivity index (χ0n) is 9.10. The molecule has 2 bridgehead atoms. The summed E-state index contributed by atoms with van der Waals surface area (Å²) in [5, 5.41) is 6.48. The first kappa shape index (κ1) is 9.97. The van der Waals surface area contributed by atoms with E-state index in [2.05, 4.69) is 10.6 Å². The molecular weight excluding hydrogens is 176 g/mol. The predicted octanol–water partition coefficient (Wildman–Crippen LogP) is 0.758. The van der Waals surface area contributed by atoms with E-state index in [0.717, 1.165) is 19.0 Å². The van der Waals surface area contributed by atoms with E-state index < -0.39 is 0 Å². The number of fused-ring (bicyclic) bond motifs is 2. The molecule has 1 saturated carbocycles. The molecule has 0 radical (unpaired) electrons. The summed E-state index contributed by atoms with van der Waals surface area (Å²) in [7, 11) is 0. The molecule has 0 aromatic heterocycles. The van der Waals surface area contributed by atoms with Crippen molar-refractivity contribution in [2.75, 3.05) is 19.6 Å². The maximum atomic E-state index is 11.4. The van der Waals surface area contributed by atoms with Gasteiger partial charge in [-0.2, -0.15) is 0 Å². The van der Waals surface area contributed by atoms with Crippen LogP contribution >= 0.6 is 0 Å². The van der Waals surface area contributed by atoms with Gasteiger partial charge in [0.1, 0.15) is 0 Å². The number of carbonyl (C=O) groups is 1. The van der Waals surface area contributed by atoms with Crippen molar-refractivity contribution in [2.24, 2.45) is 17.3 Å². The Morgan fingerprint density at radius 3 is 2.79 bits per heavy atom. The topological polar surface area (TPSA) is 41.1 Å². The Morgan fingerprint density at radius 2 is 2.29 bits per heavy atom. The van der Waals surface area contributed by atoms with Crippen LogP contribution in [-0.2, 0) is 4.79 Å². The summed E-state index contributed by atoms with van der Waals surface area (Å²) in [6, 6.07) is 0. The van der Waals surface area contributed by atoms with Gasteiger partial charge in [0.25, 0.3) is 0 Å². The second-order valence-electron chi connectivity index (χ2n) is 5.28. The van der Waals surface area contributed by atoms with Crippen LogP contribution in [-0.4, -0.2) is 25.5 Å². The van der Waals surface area contributed by atoms with E-state index in [1.54, 1.807) is 0 Å². The van der Waals surface area contributed by atoms with Crippen LogP contribution in [0.5, 0.6) is 0 Å². The number of hydrogen-bond acceptors (Lipinski definition) is 2. The number of amides is 1. The van der Waals surface area contributed by atoms with E-state index in [4.69, 9.17) is 0 Å². The quantitative estimate of drug-likeness (QED) is 0.699. The minimum atomic E-state index is 0.110. The molecule has 0 aromatic rings. The molecule has 14 heavy (non-hydrogen) atoms. The molecule has 3 nitrogen and oxygen atoms in total. The number of hydrogen-bond donors (Lipinski definition) is 2. The van der Waals surface area contributed by atoms with Crippen LogP contribution in [0.1, 0.15) is 26.7 Å². The molecule has 3 fully saturated rings. The summed E-state index contributed by atoms with van der Waals surface area (Å²) < 4.78 is 0. The maximum Gasteiger partial charge on any atom is 0.222 e. The van der Waals surface area contributed by atoms with Crippen molar-refractivity contribution in [3.63, 3.8) is 0 Å². The van der Waals surface area contributed by atoms with Gasteiger partial charge in [0.2, 0.25) is 5.91 Å². The van der Waals surface area contributed by atoms with Crippen molar-refractivity contribution in [1.82, 2.24) is 10.6 Å². The van der Waals surface area contributed by atoms with Crippen molar-refractivity contribution in [1.29, 1.82) is 0 Å². The van der Waals surface area contributed by atoms with Gasteiger partial charge < -0.3 is 10.6 Å². The van der Waals surface area contributed by atoms with Crippen molar-refractivity contribution in [2.45, 2.75) is 26.7 Å². The first-order valence-corrected chi connectivity index (χ1v) is 5.60. The highest BCUT2D eigenvalue weighted by Crippen LogP contribution is 2.47. The lowest BCUT2D eigenvalue weighted by atomic mass is 9.59. The third-order valence-corrected chi connectivity index (χ3v) is 3.54. The van der Waals surface area contributed by atoms with Crippen LogP contribution in [0, 0.1) is 17.3 Å². The van der Waals surface area contributed by atoms with Gasteiger partial charge >= 0.3 is 0 Å². The van der Waals surface area contributed by atoms with Crippen LogP contribution in [0.3, 0.4) is 0 Å². The molecule has 3 heteroatoms. The SMILES string of the molecule is CC(C)C(=O)NCC12CNCC(C1)C2. The summed E-state index contributed by atoms with van der Waals surface area (Å²) >= 11 is 0. The molecule has 0 spiro atoms. The van der Waals surface area contributed by atoms with E-state index in [-0.39, 0.29) is 11.8 Å². The second kappa shape index (κ2) is 3.54. The zero-order valence-corrected chi connectivity index (χ0v) is 9.10. The van der Waals surface area contributed by atoms with Crippen LogP contribution in [0.2, 0.25) is 0 Å². The summed E-state index contributed by atoms with van der Waals surface area (Å²) in [6.45, 7) is 7.01. The lowest BCUT2D eigenvalue weighted by molar-refractivity contribution is -0.125. The summed E-state index contributed by atoms with van der Waals surface area (Å²) in [6.07, 6.45) is 2.61. The molecule has 2 aliphatic heterocycles. The number of nitrogens with one attached hydrogen (secondary N) is 2. The van der Waals surface area contributed by atoms with Crippen LogP contribution < -0.4 is 10.6 Å². The molecule has 0 atom stereocenters. The van der Waals surface area contributed by atoms with Crippen LogP contribution in [0.15, 0.2) is 0 Å². The van der Waals surface area contributed by atoms with E-state index in [1.807, 2.05) is 13.8 Å². The van der Waals surface area contributed by atoms with E-state index >= 15 is 0 Å². The van der Waals surface area contributed by atoms with E-state index in [9.17, 15) is 4.79 Å². The first-order valence-electron chi connectivity index (χ1n) is 5.60. The molecule has 3 aliphatic rings. The molecule has 0 aromatic carbocycles. The minimum absolute atomic E-state index is 0.110. The maximum absolute atomic E-state index is 11.4. The van der Waals surface area contributed by atoms with Crippen LogP contribution in [0.4, 0.5) is 0 Å². The predicted molar refractivity (Wildman–Crippen MR) is 55.9 cm³/mol. The fourth-order valence-corrected chi connectivity index (χ4v) is 2.68. The van der Waals surface area contributed by atoms with Crippen molar-refractivity contribution in [3.8, 4) is 0 Å². The van der Waals surface area contributed by atoms with Crippen LogP contribution in [0.25, 0.3) is 0 Å². The normalized spacial score (nSPS) is 35.2. The third kappa shape index (κ3) is 1.78. The largest absolute Gasteiger partial charge is 0.355 e. The lowest BCUT2D eigenvalue weighted by Crippen LogP contribution is -2.59. The Kier molecular flexibility index (Phi) is 2.52. The van der Waals surface area contributed by atoms with Crippen molar-refractivity contribution in [3.05, 3.63) is 0 Å². The lowest BCUT2D eigenvalue weighted by Gasteiger charge is -2.53. The first-order chi connectivity index (χ1) is 6.61. The highest BCUT2D eigenvalue weighted by molar-refractivity contribution is 5.77. The highest BCUT2D eigenvalue weighted by atomic mass is 16.1. The molecule has 3 rings (SSSR count). The summed E-state index contributed by atoms with van der Waals surface area (Å²) in [5.41, 5.74) is 0.396. The average Bonchev–Trinajstić information content (AvgIpc) is 2.13. The molecule has 2 saturated heterocycles. The smallest absolute Gasteiger partial charge is 0.222 e. The standard InChI is InChI=1S/C11H20N2O/c1-8(2)10(14)13-7-11-3-9(4-11)5-12-6-11/h8-9,12H,3-7H2,1-2H3,(H,13,14). The van der Waals surface area contributed by atoms with Gasteiger partial charge in [0, 0.05) is 24.4 Å². The molecule has 2 N–H and O–H groups in total. The van der Waals surface area contributed by atoms with Crippen molar-refractivity contribution >= 4 is 5.91 Å². The Bertz CT molecular complexity index is 226. The Labute approximate surface area is 85.6 Å². The summed E-state index contributed by atoms with van der Waals surface area (Å²) in [4.78, 5) is 11.4. The van der Waals surface area contributed by atoms with Gasteiger partial charge in [-0.05, 0) is 25.3 Å². The third-order valence-electron chi connectivity index (χ3n) is 3.54. The average molecular weight is 196 g/mol. The molecule has 2 heterocycles. The zero-order chi connectivity index (χ0) is 10.2. The van der Waals surface area contributed by atoms with E-state index in [0.29, 0.717) is 5.41 Å². The fourth-order valence-electron chi connectivity index (χ4n) is 2.68. The molecule has 0 unspecified atom stereocenters. The molecule has 1 aliphatic carbocycles. The fraction of sp³-hybridized carbons (Fsp3) is 0.909. The number of piperidine rings is 2. The Hall–Kier alpha value is -0.570. The number of carbonyl (C=O) groups excluding carboxylic acids is 1. The molecule has 1 amide bonds. The second-order valence-corrected chi connectivity index (χ2v) is 5.28. The molecule has 80 valence electrons. The minimum Gasteiger partial charge on any atom is -0.355 e. The summed E-state index contributed by atoms with van der Waals surface area (Å²) in [5.74, 6) is 1.17.